The van der Waals surface area contributed by atoms with Gasteiger partial charge in [-0.3, -0.25) is 4.74 Å². The van der Waals surface area contributed by atoms with Gasteiger partial charge in [0.05, 0.1) is 7.11 Å². The molecule has 2 aromatic carbocycles. The van der Waals surface area contributed by atoms with Gasteiger partial charge in [0.2, 0.25) is 6.10 Å². The van der Waals surface area contributed by atoms with E-state index in [0.717, 1.165) is 18.2 Å². The number of carbonyl (C=O) groups is 1. The molecular formula is C21H17F3O6. The lowest BCUT2D eigenvalue weighted by Gasteiger charge is -2.18. The van der Waals surface area contributed by atoms with Crippen molar-refractivity contribution < 1.29 is 36.6 Å². The van der Waals surface area contributed by atoms with Gasteiger partial charge in [0, 0.05) is 23.1 Å². The molecule has 0 aliphatic heterocycles. The molecule has 3 aromatic rings. The van der Waals surface area contributed by atoms with E-state index in [0.29, 0.717) is 10.9 Å². The first-order valence-electron chi connectivity index (χ1n) is 8.77. The average molecular weight is 422 g/mol. The third-order valence-electron chi connectivity index (χ3n) is 4.29. The molecule has 158 valence electrons. The molecule has 0 radical (unpaired) electrons. The molecule has 1 aromatic heterocycles. The van der Waals surface area contributed by atoms with Crippen LogP contribution in [0.5, 0.6) is 5.75 Å². The summed E-state index contributed by atoms with van der Waals surface area (Å²) in [5.74, 6) is -1.04. The minimum Gasteiger partial charge on any atom is -0.476 e. The fraction of sp³-hybridized carbons (Fsp3) is 0.238. The van der Waals surface area contributed by atoms with Gasteiger partial charge in [-0.05, 0) is 30.2 Å². The van der Waals surface area contributed by atoms with Crippen molar-refractivity contribution in [3.05, 3.63) is 64.5 Å². The molecule has 0 spiro atoms. The van der Waals surface area contributed by atoms with Crippen molar-refractivity contribution in [1.29, 1.82) is 0 Å². The molecule has 3 rings (SSSR count). The van der Waals surface area contributed by atoms with Crippen LogP contribution in [0.1, 0.15) is 5.56 Å². The maximum atomic E-state index is 12.3. The van der Waals surface area contributed by atoms with E-state index in [2.05, 4.69) is 9.47 Å². The molecule has 30 heavy (non-hydrogen) atoms. The summed E-state index contributed by atoms with van der Waals surface area (Å²) in [4.78, 5) is 23.8. The highest BCUT2D eigenvalue weighted by atomic mass is 19.4. The molecule has 0 aliphatic carbocycles. The SMILES string of the molecule is COC(=O)C(COC(F)(F)F)Oc1ccc2c(-c3ccccc3C)cc(=O)oc2c1. The van der Waals surface area contributed by atoms with Crippen LogP contribution in [-0.4, -0.2) is 32.2 Å². The number of hydrogen-bond donors (Lipinski definition) is 0. The Balaban J connectivity index is 1.97. The number of fused-ring (bicyclic) bond motifs is 1. The Morgan fingerprint density at radius 2 is 1.83 bits per heavy atom. The summed E-state index contributed by atoms with van der Waals surface area (Å²) in [5, 5.41) is 0.595. The van der Waals surface area contributed by atoms with E-state index in [-0.39, 0.29) is 11.3 Å². The number of ether oxygens (including phenoxy) is 3. The Labute approximate surface area is 168 Å². The molecule has 1 unspecified atom stereocenters. The molecule has 0 saturated heterocycles. The summed E-state index contributed by atoms with van der Waals surface area (Å²) in [6.45, 7) is 0.802. The smallest absolute Gasteiger partial charge is 0.476 e. The molecule has 0 aliphatic rings. The molecule has 0 saturated carbocycles. The fourth-order valence-electron chi connectivity index (χ4n) is 2.93. The van der Waals surface area contributed by atoms with E-state index >= 15 is 0 Å². The van der Waals surface area contributed by atoms with Crippen LogP contribution in [0.4, 0.5) is 13.2 Å². The van der Waals surface area contributed by atoms with Crippen molar-refractivity contribution >= 4 is 16.9 Å². The predicted octanol–water partition coefficient (Wildman–Crippen LogP) is 4.23. The third-order valence-corrected chi connectivity index (χ3v) is 4.29. The van der Waals surface area contributed by atoms with Gasteiger partial charge in [0.1, 0.15) is 17.9 Å². The summed E-state index contributed by atoms with van der Waals surface area (Å²) in [7, 11) is 1.01. The van der Waals surface area contributed by atoms with Gasteiger partial charge < -0.3 is 13.9 Å². The predicted molar refractivity (Wildman–Crippen MR) is 101 cm³/mol. The summed E-state index contributed by atoms with van der Waals surface area (Å²) in [6, 6.07) is 13.2. The molecule has 6 nitrogen and oxygen atoms in total. The number of benzene rings is 2. The minimum atomic E-state index is -4.94. The fourth-order valence-corrected chi connectivity index (χ4v) is 2.93. The van der Waals surface area contributed by atoms with E-state index in [1.807, 2.05) is 31.2 Å². The van der Waals surface area contributed by atoms with Gasteiger partial charge in [-0.1, -0.05) is 24.3 Å². The summed E-state index contributed by atoms with van der Waals surface area (Å²) in [5.41, 5.74) is 1.95. The Morgan fingerprint density at radius 1 is 1.10 bits per heavy atom. The molecule has 0 N–H and O–H groups in total. The van der Waals surface area contributed by atoms with Crippen LogP contribution in [0.3, 0.4) is 0 Å². The van der Waals surface area contributed by atoms with Crippen LogP contribution in [0.2, 0.25) is 0 Å². The van der Waals surface area contributed by atoms with Crippen molar-refractivity contribution in [2.75, 3.05) is 13.7 Å². The highest BCUT2D eigenvalue weighted by Crippen LogP contribution is 2.31. The van der Waals surface area contributed by atoms with Gasteiger partial charge in [-0.25, -0.2) is 9.59 Å². The lowest BCUT2D eigenvalue weighted by Crippen LogP contribution is -2.35. The second-order valence-corrected chi connectivity index (χ2v) is 6.34. The Hall–Kier alpha value is -3.33. The number of alkyl halides is 3. The maximum absolute atomic E-state index is 12.3. The van der Waals surface area contributed by atoms with Crippen molar-refractivity contribution in [2.24, 2.45) is 0 Å². The highest BCUT2D eigenvalue weighted by Gasteiger charge is 2.33. The Morgan fingerprint density at radius 3 is 2.50 bits per heavy atom. The first kappa shape index (κ1) is 21.4. The first-order valence-corrected chi connectivity index (χ1v) is 8.77. The number of esters is 1. The quantitative estimate of drug-likeness (QED) is 0.437. The normalized spacial score (nSPS) is 12.6. The first-order chi connectivity index (χ1) is 14.2. The van der Waals surface area contributed by atoms with Crippen LogP contribution in [0.15, 0.2) is 57.7 Å². The average Bonchev–Trinajstić information content (AvgIpc) is 2.69. The number of methoxy groups -OCH3 is 1. The van der Waals surface area contributed by atoms with Gasteiger partial charge in [0.25, 0.3) is 0 Å². The summed E-state index contributed by atoms with van der Waals surface area (Å²) >= 11 is 0. The second kappa shape index (κ2) is 8.58. The standard InChI is InChI=1S/C21H17F3O6/c1-12-5-3-4-6-14(12)16-10-19(25)30-17-9-13(7-8-15(16)17)29-18(20(26)27-2)11-28-21(22,23)24/h3-10,18H,11H2,1-2H3. The molecular weight excluding hydrogens is 405 g/mol. The van der Waals surface area contributed by atoms with Crippen molar-refractivity contribution in [2.45, 2.75) is 19.4 Å². The second-order valence-electron chi connectivity index (χ2n) is 6.34. The largest absolute Gasteiger partial charge is 0.522 e. The monoisotopic (exact) mass is 422 g/mol. The molecule has 0 bridgehead atoms. The van der Waals surface area contributed by atoms with E-state index in [1.54, 1.807) is 6.07 Å². The molecule has 0 amide bonds. The van der Waals surface area contributed by atoms with E-state index in [9.17, 15) is 22.8 Å². The van der Waals surface area contributed by atoms with E-state index in [1.165, 1.54) is 18.2 Å². The number of aryl methyl sites for hydroxylation is 1. The number of hydrogen-bond acceptors (Lipinski definition) is 6. The summed E-state index contributed by atoms with van der Waals surface area (Å²) in [6.07, 6.45) is -6.60. The van der Waals surface area contributed by atoms with Gasteiger partial charge in [-0.15, -0.1) is 13.2 Å². The van der Waals surface area contributed by atoms with E-state index in [4.69, 9.17) is 9.15 Å². The van der Waals surface area contributed by atoms with Crippen LogP contribution in [0, 0.1) is 6.92 Å². The number of carbonyl (C=O) groups excluding carboxylic acids is 1. The third kappa shape index (κ3) is 4.98. The molecule has 1 heterocycles. The zero-order valence-electron chi connectivity index (χ0n) is 16.0. The molecule has 1 atom stereocenters. The van der Waals surface area contributed by atoms with Crippen molar-refractivity contribution in [1.82, 2.24) is 0 Å². The molecule has 9 heteroatoms. The highest BCUT2D eigenvalue weighted by molar-refractivity contribution is 5.94. The van der Waals surface area contributed by atoms with Gasteiger partial charge in [0.15, 0.2) is 0 Å². The Kier molecular flexibility index (Phi) is 6.12. The van der Waals surface area contributed by atoms with Gasteiger partial charge >= 0.3 is 18.0 Å². The topological polar surface area (TPSA) is 75.0 Å². The van der Waals surface area contributed by atoms with Crippen LogP contribution in [-0.2, 0) is 14.3 Å². The van der Waals surface area contributed by atoms with Crippen LogP contribution in [0.25, 0.3) is 22.1 Å². The van der Waals surface area contributed by atoms with Crippen molar-refractivity contribution in [3.8, 4) is 16.9 Å². The van der Waals surface area contributed by atoms with Crippen molar-refractivity contribution in [3.63, 3.8) is 0 Å². The van der Waals surface area contributed by atoms with E-state index < -0.39 is 30.7 Å². The minimum absolute atomic E-state index is 0.00811. The maximum Gasteiger partial charge on any atom is 0.522 e. The lowest BCUT2D eigenvalue weighted by molar-refractivity contribution is -0.328. The zero-order valence-corrected chi connectivity index (χ0v) is 16.0. The van der Waals surface area contributed by atoms with Crippen LogP contribution >= 0.6 is 0 Å². The summed E-state index contributed by atoms with van der Waals surface area (Å²) < 4.78 is 55.7. The number of rotatable bonds is 6. The zero-order chi connectivity index (χ0) is 21.9. The lowest BCUT2D eigenvalue weighted by atomic mass is 9.98. The number of halogens is 3. The Bertz CT molecular complexity index is 1120. The van der Waals surface area contributed by atoms with Gasteiger partial charge in [-0.2, -0.15) is 0 Å². The van der Waals surface area contributed by atoms with Crippen LogP contribution < -0.4 is 10.4 Å². The molecule has 0 fully saturated rings.